The van der Waals surface area contributed by atoms with E-state index in [0.717, 1.165) is 11.1 Å². The zero-order valence-corrected chi connectivity index (χ0v) is 8.33. The minimum atomic E-state index is -0.513. The number of azide groups is 1. The van der Waals surface area contributed by atoms with E-state index in [-0.39, 0.29) is 0 Å². The zero-order valence-electron chi connectivity index (χ0n) is 8.33. The summed E-state index contributed by atoms with van der Waals surface area (Å²) < 4.78 is 0. The number of rotatable bonds is 2. The third-order valence-corrected chi connectivity index (χ3v) is 2.04. The number of nitrogens with zero attached hydrogens (tertiary/aromatic N) is 3. The maximum absolute atomic E-state index is 11.1. The molecule has 0 atom stereocenters. The average Bonchev–Trinajstić information content (AvgIpc) is 2.14. The van der Waals surface area contributed by atoms with Crippen LogP contribution in [0.3, 0.4) is 0 Å². The van der Waals surface area contributed by atoms with Crippen molar-refractivity contribution >= 4 is 5.91 Å². The lowest BCUT2D eigenvalue weighted by molar-refractivity contribution is -0.114. The van der Waals surface area contributed by atoms with Crippen LogP contribution in [-0.2, 0) is 4.79 Å². The molecule has 0 aromatic heterocycles. The quantitative estimate of drug-likeness (QED) is 0.211. The van der Waals surface area contributed by atoms with Gasteiger partial charge in [-0.15, -0.1) is 0 Å². The van der Waals surface area contributed by atoms with Crippen LogP contribution in [0.25, 0.3) is 10.4 Å². The second-order valence-corrected chi connectivity index (χ2v) is 2.72. The van der Waals surface area contributed by atoms with E-state index >= 15 is 0 Å². The molecule has 0 aliphatic heterocycles. The summed E-state index contributed by atoms with van der Waals surface area (Å²) in [4.78, 5) is 13.5. The molecule has 1 amide bonds. The molecule has 0 aliphatic rings. The zero-order chi connectivity index (χ0) is 10.4. The van der Waals surface area contributed by atoms with Gasteiger partial charge in [0, 0.05) is 10.5 Å². The minimum Gasteiger partial charge on any atom is -0.287 e. The van der Waals surface area contributed by atoms with Crippen LogP contribution in [0, 0.1) is 0 Å². The Labute approximate surface area is 77.6 Å². The standard InChI is InChI=1S/C9H13N3O/c1-5-6(2)7(3)8(4)9(13)11-12-10/h5H,1-4H3/b6-5+,8-7-. The van der Waals surface area contributed by atoms with E-state index in [1.807, 2.05) is 26.8 Å². The molecule has 0 aromatic carbocycles. The van der Waals surface area contributed by atoms with E-state index in [1.165, 1.54) is 0 Å². The smallest absolute Gasteiger partial charge is 0.245 e. The van der Waals surface area contributed by atoms with Gasteiger partial charge in [-0.25, -0.2) is 0 Å². The van der Waals surface area contributed by atoms with Crippen LogP contribution >= 0.6 is 0 Å². The molecule has 0 aromatic rings. The third-order valence-electron chi connectivity index (χ3n) is 2.04. The lowest BCUT2D eigenvalue weighted by atomic mass is 10.0. The highest BCUT2D eigenvalue weighted by Gasteiger charge is 2.05. The number of carbonyl (C=O) groups is 1. The minimum absolute atomic E-state index is 0.494. The fourth-order valence-electron chi connectivity index (χ4n) is 0.788. The van der Waals surface area contributed by atoms with Crippen molar-refractivity contribution in [1.29, 1.82) is 0 Å². The first-order valence-corrected chi connectivity index (χ1v) is 3.94. The average molecular weight is 179 g/mol. The molecular formula is C9H13N3O. The summed E-state index contributed by atoms with van der Waals surface area (Å²) in [7, 11) is 0. The molecule has 0 fully saturated rings. The van der Waals surface area contributed by atoms with E-state index in [1.54, 1.807) is 6.92 Å². The predicted octanol–water partition coefficient (Wildman–Crippen LogP) is 3.13. The van der Waals surface area contributed by atoms with Crippen LogP contribution < -0.4 is 0 Å². The highest BCUT2D eigenvalue weighted by atomic mass is 16.1. The van der Waals surface area contributed by atoms with Crippen molar-refractivity contribution < 1.29 is 4.79 Å². The first-order valence-electron chi connectivity index (χ1n) is 3.94. The molecule has 0 saturated carbocycles. The summed E-state index contributed by atoms with van der Waals surface area (Å²) in [5.41, 5.74) is 10.4. The molecule has 4 nitrogen and oxygen atoms in total. The molecule has 0 spiro atoms. The van der Waals surface area contributed by atoms with E-state index in [4.69, 9.17) is 5.53 Å². The molecule has 0 rings (SSSR count). The molecule has 13 heavy (non-hydrogen) atoms. The summed E-state index contributed by atoms with van der Waals surface area (Å²) >= 11 is 0. The SMILES string of the molecule is C/C=C(C)/C(C)=C(/C)C(=O)N=[N+]=[N-]. The Hall–Kier alpha value is -1.54. The molecule has 0 N–H and O–H groups in total. The van der Waals surface area contributed by atoms with Gasteiger partial charge in [0.25, 0.3) is 0 Å². The van der Waals surface area contributed by atoms with Gasteiger partial charge in [0.1, 0.15) is 0 Å². The summed E-state index contributed by atoms with van der Waals surface area (Å²) in [5.74, 6) is -0.513. The van der Waals surface area contributed by atoms with Crippen molar-refractivity contribution in [3.8, 4) is 0 Å². The molecule has 0 unspecified atom stereocenters. The molecule has 0 radical (unpaired) electrons. The van der Waals surface area contributed by atoms with Crippen molar-refractivity contribution in [1.82, 2.24) is 0 Å². The van der Waals surface area contributed by atoms with Gasteiger partial charge in [-0.1, -0.05) is 11.6 Å². The largest absolute Gasteiger partial charge is 0.287 e. The summed E-state index contributed by atoms with van der Waals surface area (Å²) in [5, 5.41) is 3.02. The second kappa shape index (κ2) is 5.17. The van der Waals surface area contributed by atoms with E-state index in [2.05, 4.69) is 10.0 Å². The molecule has 0 heterocycles. The molecule has 0 aliphatic carbocycles. The van der Waals surface area contributed by atoms with Crippen LogP contribution in [0.2, 0.25) is 0 Å². The topological polar surface area (TPSA) is 65.8 Å². The van der Waals surface area contributed by atoms with Crippen LogP contribution in [0.5, 0.6) is 0 Å². The highest BCUT2D eigenvalue weighted by Crippen LogP contribution is 2.14. The first-order chi connectivity index (χ1) is 6.04. The van der Waals surface area contributed by atoms with Crippen molar-refractivity contribution in [2.24, 2.45) is 5.11 Å². The summed E-state index contributed by atoms with van der Waals surface area (Å²) in [6.07, 6.45) is 1.90. The van der Waals surface area contributed by atoms with E-state index in [9.17, 15) is 4.79 Å². The van der Waals surface area contributed by atoms with Crippen molar-refractivity contribution in [3.05, 3.63) is 33.2 Å². The van der Waals surface area contributed by atoms with Crippen LogP contribution in [-0.4, -0.2) is 5.91 Å². The van der Waals surface area contributed by atoms with E-state index < -0.39 is 5.91 Å². The van der Waals surface area contributed by atoms with Crippen LogP contribution in [0.15, 0.2) is 27.9 Å². The number of hydrogen-bond donors (Lipinski definition) is 0. The number of hydrogen-bond acceptors (Lipinski definition) is 1. The molecule has 0 saturated heterocycles. The molecule has 0 bridgehead atoms. The lowest BCUT2D eigenvalue weighted by Gasteiger charge is -2.03. The van der Waals surface area contributed by atoms with Crippen molar-refractivity contribution in [3.63, 3.8) is 0 Å². The Morgan fingerprint density at radius 3 is 2.23 bits per heavy atom. The second-order valence-electron chi connectivity index (χ2n) is 2.72. The van der Waals surface area contributed by atoms with Gasteiger partial charge >= 0.3 is 0 Å². The number of amides is 1. The van der Waals surface area contributed by atoms with Crippen molar-refractivity contribution in [2.75, 3.05) is 0 Å². The first kappa shape index (κ1) is 11.5. The van der Waals surface area contributed by atoms with Gasteiger partial charge in [-0.05, 0) is 43.9 Å². The molecule has 70 valence electrons. The Morgan fingerprint density at radius 2 is 1.85 bits per heavy atom. The fraction of sp³-hybridized carbons (Fsp3) is 0.444. The van der Waals surface area contributed by atoms with Gasteiger partial charge in [0.05, 0.1) is 0 Å². The summed E-state index contributed by atoms with van der Waals surface area (Å²) in [6, 6.07) is 0. The monoisotopic (exact) mass is 179 g/mol. The molecular weight excluding hydrogens is 166 g/mol. The Balaban J connectivity index is 5.03. The van der Waals surface area contributed by atoms with Gasteiger partial charge in [-0.3, -0.25) is 4.79 Å². The van der Waals surface area contributed by atoms with Crippen LogP contribution in [0.4, 0.5) is 0 Å². The Bertz CT molecular complexity index is 320. The van der Waals surface area contributed by atoms with Crippen LogP contribution in [0.1, 0.15) is 27.7 Å². The van der Waals surface area contributed by atoms with Gasteiger partial charge < -0.3 is 0 Å². The third kappa shape index (κ3) is 3.13. The number of carbonyl (C=O) groups excluding carboxylic acids is 1. The Morgan fingerprint density at radius 1 is 1.31 bits per heavy atom. The highest BCUT2D eigenvalue weighted by molar-refractivity contribution is 5.94. The van der Waals surface area contributed by atoms with E-state index in [0.29, 0.717) is 5.57 Å². The van der Waals surface area contributed by atoms with Gasteiger partial charge in [0.15, 0.2) is 0 Å². The molecule has 4 heteroatoms. The fourth-order valence-corrected chi connectivity index (χ4v) is 0.788. The number of allylic oxidation sites excluding steroid dienone is 3. The maximum atomic E-state index is 11.1. The van der Waals surface area contributed by atoms with Crippen molar-refractivity contribution in [2.45, 2.75) is 27.7 Å². The summed E-state index contributed by atoms with van der Waals surface area (Å²) in [6.45, 7) is 7.28. The predicted molar refractivity (Wildman–Crippen MR) is 52.0 cm³/mol. The van der Waals surface area contributed by atoms with Gasteiger partial charge in [-0.2, -0.15) is 0 Å². The lowest BCUT2D eigenvalue weighted by Crippen LogP contribution is -1.97. The normalized spacial score (nSPS) is 13.1. The Kier molecular flexibility index (Phi) is 4.55. The maximum Gasteiger partial charge on any atom is 0.245 e. The van der Waals surface area contributed by atoms with Gasteiger partial charge in [0.2, 0.25) is 5.91 Å².